The molecule has 1 atom stereocenters. The van der Waals surface area contributed by atoms with Gasteiger partial charge in [0.25, 0.3) is 5.91 Å². The van der Waals surface area contributed by atoms with Crippen molar-refractivity contribution >= 4 is 23.3 Å². The van der Waals surface area contributed by atoms with Crippen LogP contribution in [0, 0.1) is 5.92 Å². The minimum absolute atomic E-state index is 0.0148. The van der Waals surface area contributed by atoms with Crippen LogP contribution in [0.25, 0.3) is 0 Å². The smallest absolute Gasteiger partial charge is 0.254 e. The number of rotatable bonds is 4. The van der Waals surface area contributed by atoms with Crippen molar-refractivity contribution < 1.29 is 14.3 Å². The fourth-order valence-electron chi connectivity index (χ4n) is 2.07. The Morgan fingerprint density at radius 2 is 2.10 bits per heavy atom. The van der Waals surface area contributed by atoms with Crippen LogP contribution in [0.15, 0.2) is 18.3 Å². The van der Waals surface area contributed by atoms with Crippen LogP contribution in [-0.4, -0.2) is 42.6 Å². The average molecular weight is 290 g/mol. The molecular weight excluding hydrogens is 272 g/mol. The lowest BCUT2D eigenvalue weighted by molar-refractivity contribution is -0.128. The first kappa shape index (κ1) is 14.0. The van der Waals surface area contributed by atoms with Crippen LogP contribution in [-0.2, 0) is 14.3 Å². The Morgan fingerprint density at radius 1 is 1.24 bits per heavy atom. The quantitative estimate of drug-likeness (QED) is 0.744. The highest BCUT2D eigenvalue weighted by Crippen LogP contribution is 2.29. The first-order valence-corrected chi connectivity index (χ1v) is 7.12. The molecule has 2 heterocycles. The number of ether oxygens (including phenoxy) is 1. The van der Waals surface area contributed by atoms with Crippen LogP contribution >= 0.6 is 0 Å². The lowest BCUT2D eigenvalue weighted by atomic mass is 10.2. The molecule has 2 aliphatic rings. The van der Waals surface area contributed by atoms with Crippen molar-refractivity contribution in [3.05, 3.63) is 18.3 Å². The normalized spacial score (nSPS) is 21.6. The van der Waals surface area contributed by atoms with Gasteiger partial charge in [-0.1, -0.05) is 0 Å². The predicted octanol–water partition coefficient (Wildman–Crippen LogP) is 0.357. The second-order valence-corrected chi connectivity index (χ2v) is 5.25. The molecule has 1 aromatic rings. The molecule has 112 valence electrons. The Bertz CT molecular complexity index is 522. The molecule has 7 heteroatoms. The number of anilines is 2. The van der Waals surface area contributed by atoms with Gasteiger partial charge in [0.2, 0.25) is 5.91 Å². The third kappa shape index (κ3) is 3.77. The molecule has 3 N–H and O–H groups in total. The molecule has 7 nitrogen and oxygen atoms in total. The van der Waals surface area contributed by atoms with Gasteiger partial charge in [-0.3, -0.25) is 9.59 Å². The van der Waals surface area contributed by atoms with Crippen molar-refractivity contribution in [3.8, 4) is 0 Å². The SMILES string of the molecule is O=C(Nc1ccc(NC(=O)C2CNCCO2)cn1)C1CC1. The summed E-state index contributed by atoms with van der Waals surface area (Å²) in [5.74, 6) is 0.461. The molecule has 1 aliphatic carbocycles. The van der Waals surface area contributed by atoms with E-state index in [4.69, 9.17) is 4.74 Å². The number of hydrogen-bond acceptors (Lipinski definition) is 5. The minimum Gasteiger partial charge on any atom is -0.366 e. The Labute approximate surface area is 122 Å². The number of amides is 2. The van der Waals surface area contributed by atoms with Gasteiger partial charge in [0, 0.05) is 19.0 Å². The van der Waals surface area contributed by atoms with Gasteiger partial charge in [-0.05, 0) is 25.0 Å². The van der Waals surface area contributed by atoms with Gasteiger partial charge in [-0.25, -0.2) is 4.98 Å². The van der Waals surface area contributed by atoms with Crippen molar-refractivity contribution in [3.63, 3.8) is 0 Å². The Balaban J connectivity index is 1.53. The molecule has 3 rings (SSSR count). The number of nitrogens with one attached hydrogen (secondary N) is 3. The van der Waals surface area contributed by atoms with Gasteiger partial charge in [-0.2, -0.15) is 0 Å². The lowest BCUT2D eigenvalue weighted by Gasteiger charge is -2.22. The van der Waals surface area contributed by atoms with Gasteiger partial charge in [-0.15, -0.1) is 0 Å². The van der Waals surface area contributed by atoms with Crippen LogP contribution in [0.1, 0.15) is 12.8 Å². The van der Waals surface area contributed by atoms with E-state index in [1.165, 1.54) is 6.20 Å². The summed E-state index contributed by atoms with van der Waals surface area (Å²) in [5, 5.41) is 8.60. The average Bonchev–Trinajstić information content (AvgIpc) is 3.35. The van der Waals surface area contributed by atoms with Crippen molar-refractivity contribution in [1.82, 2.24) is 10.3 Å². The summed E-state index contributed by atoms with van der Waals surface area (Å²) in [7, 11) is 0. The largest absolute Gasteiger partial charge is 0.366 e. The predicted molar refractivity (Wildman–Crippen MR) is 76.8 cm³/mol. The van der Waals surface area contributed by atoms with Crippen molar-refractivity contribution in [2.24, 2.45) is 5.92 Å². The fourth-order valence-corrected chi connectivity index (χ4v) is 2.07. The first-order valence-electron chi connectivity index (χ1n) is 7.12. The van der Waals surface area contributed by atoms with E-state index < -0.39 is 6.10 Å². The summed E-state index contributed by atoms with van der Waals surface area (Å²) in [6, 6.07) is 3.39. The zero-order valence-corrected chi connectivity index (χ0v) is 11.6. The van der Waals surface area contributed by atoms with Gasteiger partial charge in [0.05, 0.1) is 18.5 Å². The fraction of sp³-hybridized carbons (Fsp3) is 0.500. The lowest BCUT2D eigenvalue weighted by Crippen LogP contribution is -2.45. The monoisotopic (exact) mass is 290 g/mol. The molecule has 1 saturated heterocycles. The van der Waals surface area contributed by atoms with Crippen LogP contribution in [0.2, 0.25) is 0 Å². The van der Waals surface area contributed by atoms with Gasteiger partial charge in [0.1, 0.15) is 11.9 Å². The molecule has 21 heavy (non-hydrogen) atoms. The van der Waals surface area contributed by atoms with E-state index in [0.717, 1.165) is 19.4 Å². The van der Waals surface area contributed by atoms with E-state index >= 15 is 0 Å². The number of carbonyl (C=O) groups is 2. The Kier molecular flexibility index (Phi) is 4.12. The minimum atomic E-state index is -0.479. The standard InChI is InChI=1S/C14H18N4O3/c19-13(9-1-2-9)18-12-4-3-10(7-16-12)17-14(20)11-8-15-5-6-21-11/h3-4,7,9,11,15H,1-2,5-6,8H2,(H,17,20)(H,16,18,19). The summed E-state index contributed by atoms with van der Waals surface area (Å²) in [6.07, 6.45) is 2.95. The molecule has 2 fully saturated rings. The van der Waals surface area contributed by atoms with Gasteiger partial charge < -0.3 is 20.7 Å². The molecule has 1 aromatic heterocycles. The number of nitrogens with zero attached hydrogens (tertiary/aromatic N) is 1. The maximum Gasteiger partial charge on any atom is 0.254 e. The number of carbonyl (C=O) groups excluding carboxylic acids is 2. The van der Waals surface area contributed by atoms with Crippen LogP contribution in [0.4, 0.5) is 11.5 Å². The molecule has 1 saturated carbocycles. The molecule has 0 spiro atoms. The van der Waals surface area contributed by atoms with E-state index in [0.29, 0.717) is 24.7 Å². The van der Waals surface area contributed by atoms with Crippen molar-refractivity contribution in [2.45, 2.75) is 18.9 Å². The highest BCUT2D eigenvalue weighted by molar-refractivity contribution is 5.95. The summed E-state index contributed by atoms with van der Waals surface area (Å²) in [6.45, 7) is 1.80. The third-order valence-corrected chi connectivity index (χ3v) is 3.45. The molecule has 1 unspecified atom stereocenters. The maximum atomic E-state index is 12.0. The van der Waals surface area contributed by atoms with E-state index in [2.05, 4.69) is 20.9 Å². The van der Waals surface area contributed by atoms with Gasteiger partial charge >= 0.3 is 0 Å². The molecule has 0 bridgehead atoms. The molecule has 1 aliphatic heterocycles. The maximum absolute atomic E-state index is 12.0. The van der Waals surface area contributed by atoms with E-state index in [9.17, 15) is 9.59 Å². The van der Waals surface area contributed by atoms with Crippen molar-refractivity contribution in [1.29, 1.82) is 0 Å². The van der Waals surface area contributed by atoms with Crippen molar-refractivity contribution in [2.75, 3.05) is 30.3 Å². The second-order valence-electron chi connectivity index (χ2n) is 5.25. The van der Waals surface area contributed by atoms with Crippen LogP contribution < -0.4 is 16.0 Å². The van der Waals surface area contributed by atoms with Crippen LogP contribution in [0.5, 0.6) is 0 Å². The van der Waals surface area contributed by atoms with E-state index in [1.807, 2.05) is 0 Å². The zero-order chi connectivity index (χ0) is 14.7. The summed E-state index contributed by atoms with van der Waals surface area (Å²) >= 11 is 0. The Hall–Kier alpha value is -1.99. The molecular formula is C14H18N4O3. The first-order chi connectivity index (χ1) is 10.2. The highest BCUT2D eigenvalue weighted by Gasteiger charge is 2.29. The third-order valence-electron chi connectivity index (χ3n) is 3.45. The summed E-state index contributed by atoms with van der Waals surface area (Å²) in [4.78, 5) is 27.7. The topological polar surface area (TPSA) is 92.4 Å². The Morgan fingerprint density at radius 3 is 2.71 bits per heavy atom. The second kappa shape index (κ2) is 6.19. The molecule has 0 radical (unpaired) electrons. The van der Waals surface area contributed by atoms with E-state index in [1.54, 1.807) is 12.1 Å². The molecule has 0 aromatic carbocycles. The zero-order valence-electron chi connectivity index (χ0n) is 11.6. The molecule has 2 amide bonds. The summed E-state index contributed by atoms with van der Waals surface area (Å²) < 4.78 is 5.37. The number of morpholine rings is 1. The van der Waals surface area contributed by atoms with E-state index in [-0.39, 0.29) is 17.7 Å². The number of hydrogen-bond donors (Lipinski definition) is 3. The number of aromatic nitrogens is 1. The van der Waals surface area contributed by atoms with Crippen LogP contribution in [0.3, 0.4) is 0 Å². The van der Waals surface area contributed by atoms with Gasteiger partial charge in [0.15, 0.2) is 0 Å². The summed E-state index contributed by atoms with van der Waals surface area (Å²) in [5.41, 5.74) is 0.582. The number of pyridine rings is 1. The highest BCUT2D eigenvalue weighted by atomic mass is 16.5.